The minimum absolute atomic E-state index is 0.00354. The molecule has 2 heterocycles. The van der Waals surface area contributed by atoms with Gasteiger partial charge in [0.1, 0.15) is 5.56 Å². The highest BCUT2D eigenvalue weighted by Crippen LogP contribution is 2.39. The van der Waals surface area contributed by atoms with Gasteiger partial charge in [0, 0.05) is 32.4 Å². The van der Waals surface area contributed by atoms with E-state index < -0.39 is 17.6 Å². The number of carbonyl (C=O) groups excluding carboxylic acids is 1. The lowest BCUT2D eigenvalue weighted by Gasteiger charge is -2.31. The van der Waals surface area contributed by atoms with E-state index in [1.165, 1.54) is 24.4 Å². The molecule has 138 valence electrons. The molecule has 0 bridgehead atoms. The van der Waals surface area contributed by atoms with E-state index in [0.29, 0.717) is 31.9 Å². The Morgan fingerprint density at radius 3 is 2.62 bits per heavy atom. The first-order chi connectivity index (χ1) is 12.4. The zero-order chi connectivity index (χ0) is 18.7. The molecule has 0 atom stereocenters. The summed E-state index contributed by atoms with van der Waals surface area (Å²) in [6, 6.07) is 6.20. The highest BCUT2D eigenvalue weighted by Gasteiger charge is 2.32. The van der Waals surface area contributed by atoms with Crippen LogP contribution in [-0.2, 0) is 6.18 Å². The maximum atomic E-state index is 13.1. The van der Waals surface area contributed by atoms with Crippen LogP contribution in [0.1, 0.15) is 15.9 Å². The zero-order valence-corrected chi connectivity index (χ0v) is 13.7. The molecule has 1 amide bonds. The summed E-state index contributed by atoms with van der Waals surface area (Å²) < 4.78 is 45.0. The molecule has 3 N–H and O–H groups in total. The van der Waals surface area contributed by atoms with E-state index in [1.54, 1.807) is 0 Å². The summed E-state index contributed by atoms with van der Waals surface area (Å²) in [6.07, 6.45) is -3.14. The third-order valence-electron chi connectivity index (χ3n) is 3.99. The largest absolute Gasteiger partial charge is 0.436 e. The number of alkyl halides is 3. The van der Waals surface area contributed by atoms with Crippen LogP contribution in [0.5, 0.6) is 11.6 Å². The Kier molecular flexibility index (Phi) is 4.99. The SMILES string of the molecule is NC(=O)c1cccnc1Oc1cc(C(F)(F)F)ccc1N1CCNCC1. The average Bonchev–Trinajstić information content (AvgIpc) is 2.62. The van der Waals surface area contributed by atoms with Crippen molar-refractivity contribution in [2.24, 2.45) is 5.73 Å². The van der Waals surface area contributed by atoms with Crippen LogP contribution in [0.25, 0.3) is 0 Å². The van der Waals surface area contributed by atoms with E-state index in [1.807, 2.05) is 4.90 Å². The molecule has 0 aliphatic carbocycles. The highest BCUT2D eigenvalue weighted by molar-refractivity contribution is 5.95. The summed E-state index contributed by atoms with van der Waals surface area (Å²) in [7, 11) is 0. The van der Waals surface area contributed by atoms with E-state index in [9.17, 15) is 18.0 Å². The highest BCUT2D eigenvalue weighted by atomic mass is 19.4. The van der Waals surface area contributed by atoms with Crippen molar-refractivity contribution in [3.05, 3.63) is 47.7 Å². The van der Waals surface area contributed by atoms with Crippen molar-refractivity contribution >= 4 is 11.6 Å². The van der Waals surface area contributed by atoms with Gasteiger partial charge in [-0.1, -0.05) is 0 Å². The first-order valence-electron chi connectivity index (χ1n) is 7.96. The smallest absolute Gasteiger partial charge is 0.416 e. The number of aromatic nitrogens is 1. The Morgan fingerprint density at radius 1 is 1.23 bits per heavy atom. The lowest BCUT2D eigenvalue weighted by atomic mass is 10.1. The Hall–Kier alpha value is -2.81. The summed E-state index contributed by atoms with van der Waals surface area (Å²) in [6.45, 7) is 2.65. The van der Waals surface area contributed by atoms with Crippen molar-refractivity contribution in [1.82, 2.24) is 10.3 Å². The molecule has 0 radical (unpaired) electrons. The molecule has 6 nitrogen and oxygen atoms in total. The number of nitrogens with two attached hydrogens (primary N) is 1. The van der Waals surface area contributed by atoms with E-state index >= 15 is 0 Å². The van der Waals surface area contributed by atoms with Gasteiger partial charge in [0.05, 0.1) is 11.3 Å². The van der Waals surface area contributed by atoms with Gasteiger partial charge < -0.3 is 20.7 Å². The van der Waals surface area contributed by atoms with Gasteiger partial charge in [-0.3, -0.25) is 4.79 Å². The first-order valence-corrected chi connectivity index (χ1v) is 7.96. The van der Waals surface area contributed by atoms with Crippen molar-refractivity contribution in [3.63, 3.8) is 0 Å². The molecule has 26 heavy (non-hydrogen) atoms. The fourth-order valence-corrected chi connectivity index (χ4v) is 2.70. The van der Waals surface area contributed by atoms with Gasteiger partial charge in [-0.2, -0.15) is 13.2 Å². The maximum Gasteiger partial charge on any atom is 0.416 e. The number of halogens is 3. The molecule has 3 rings (SSSR count). The fraction of sp³-hybridized carbons (Fsp3) is 0.294. The molecule has 1 fully saturated rings. The number of carbonyl (C=O) groups is 1. The van der Waals surface area contributed by atoms with Crippen molar-refractivity contribution in [3.8, 4) is 11.6 Å². The molecule has 0 unspecified atom stereocenters. The maximum absolute atomic E-state index is 13.1. The Bertz CT molecular complexity index is 805. The lowest BCUT2D eigenvalue weighted by Crippen LogP contribution is -2.43. The van der Waals surface area contributed by atoms with Crippen molar-refractivity contribution in [2.45, 2.75) is 6.18 Å². The number of rotatable bonds is 4. The van der Waals surface area contributed by atoms with E-state index in [0.717, 1.165) is 12.1 Å². The van der Waals surface area contributed by atoms with Crippen LogP contribution in [0, 0.1) is 0 Å². The standard InChI is InChI=1S/C17H17F3N4O2/c18-17(19,20)11-3-4-13(24-8-6-22-7-9-24)14(10-11)26-16-12(15(21)25)2-1-5-23-16/h1-5,10,22H,6-9H2,(H2,21,25). The van der Waals surface area contributed by atoms with Crippen LogP contribution >= 0.6 is 0 Å². The molecule has 1 aliphatic rings. The van der Waals surface area contributed by atoms with Gasteiger partial charge in [0.25, 0.3) is 5.91 Å². The molecule has 9 heteroatoms. The molecule has 1 aromatic heterocycles. The second kappa shape index (κ2) is 7.20. The molecule has 0 spiro atoms. The normalized spacial score (nSPS) is 15.0. The molecule has 0 saturated carbocycles. The minimum atomic E-state index is -4.52. The number of ether oxygens (including phenoxy) is 1. The summed E-state index contributed by atoms with van der Waals surface area (Å²) in [5, 5.41) is 3.18. The molecule has 2 aromatic rings. The zero-order valence-electron chi connectivity index (χ0n) is 13.7. The van der Waals surface area contributed by atoms with Gasteiger partial charge in [-0.05, 0) is 30.3 Å². The van der Waals surface area contributed by atoms with Crippen LogP contribution in [0.3, 0.4) is 0 Å². The van der Waals surface area contributed by atoms with Gasteiger partial charge >= 0.3 is 6.18 Å². The number of hydrogen-bond acceptors (Lipinski definition) is 5. The number of primary amides is 1. The molecule has 1 aliphatic heterocycles. The number of hydrogen-bond donors (Lipinski definition) is 2. The first kappa shape index (κ1) is 18.0. The number of nitrogens with zero attached hydrogens (tertiary/aromatic N) is 2. The molecular formula is C17H17F3N4O2. The summed E-state index contributed by atoms with van der Waals surface area (Å²) in [5.74, 6) is -0.928. The molecule has 1 aromatic carbocycles. The minimum Gasteiger partial charge on any atom is -0.436 e. The predicted octanol–water partition coefficient (Wildman–Crippen LogP) is 2.40. The van der Waals surface area contributed by atoms with Crippen LogP contribution in [0.15, 0.2) is 36.5 Å². The summed E-state index contributed by atoms with van der Waals surface area (Å²) in [4.78, 5) is 17.4. The van der Waals surface area contributed by atoms with E-state index in [-0.39, 0.29) is 17.2 Å². The third-order valence-corrected chi connectivity index (χ3v) is 3.99. The number of anilines is 1. The molecule has 1 saturated heterocycles. The number of pyridine rings is 1. The number of benzene rings is 1. The van der Waals surface area contributed by atoms with Crippen molar-refractivity contribution < 1.29 is 22.7 Å². The van der Waals surface area contributed by atoms with Crippen LogP contribution in [-0.4, -0.2) is 37.1 Å². The van der Waals surface area contributed by atoms with Crippen molar-refractivity contribution in [2.75, 3.05) is 31.1 Å². The lowest BCUT2D eigenvalue weighted by molar-refractivity contribution is -0.137. The van der Waals surface area contributed by atoms with Gasteiger partial charge in [0.2, 0.25) is 5.88 Å². The summed E-state index contributed by atoms with van der Waals surface area (Å²) in [5.41, 5.74) is 4.94. The monoisotopic (exact) mass is 366 g/mol. The van der Waals surface area contributed by atoms with Crippen LogP contribution < -0.4 is 20.7 Å². The van der Waals surface area contributed by atoms with Crippen LogP contribution in [0.4, 0.5) is 18.9 Å². The van der Waals surface area contributed by atoms with Gasteiger partial charge in [0.15, 0.2) is 5.75 Å². The third kappa shape index (κ3) is 3.88. The Balaban J connectivity index is 2.03. The topological polar surface area (TPSA) is 80.5 Å². The second-order valence-electron chi connectivity index (χ2n) is 5.74. The van der Waals surface area contributed by atoms with Crippen LogP contribution in [0.2, 0.25) is 0 Å². The second-order valence-corrected chi connectivity index (χ2v) is 5.74. The predicted molar refractivity (Wildman–Crippen MR) is 89.4 cm³/mol. The Morgan fingerprint density at radius 2 is 1.96 bits per heavy atom. The van der Waals surface area contributed by atoms with Gasteiger partial charge in [-0.15, -0.1) is 0 Å². The molecular weight excluding hydrogens is 349 g/mol. The van der Waals surface area contributed by atoms with E-state index in [2.05, 4.69) is 10.3 Å². The Labute approximate surface area is 147 Å². The van der Waals surface area contributed by atoms with Gasteiger partial charge in [-0.25, -0.2) is 4.98 Å². The average molecular weight is 366 g/mol. The number of piperazine rings is 1. The van der Waals surface area contributed by atoms with Crippen molar-refractivity contribution in [1.29, 1.82) is 0 Å². The fourth-order valence-electron chi connectivity index (χ4n) is 2.70. The quantitative estimate of drug-likeness (QED) is 0.869. The summed E-state index contributed by atoms with van der Waals surface area (Å²) >= 11 is 0. The number of amides is 1. The number of nitrogens with one attached hydrogen (secondary N) is 1. The van der Waals surface area contributed by atoms with E-state index in [4.69, 9.17) is 10.5 Å².